The molecular formula is C16H20FNO3. The molecule has 0 bridgehead atoms. The third kappa shape index (κ3) is 3.80. The number of halogens is 1. The second-order valence-electron chi connectivity index (χ2n) is 5.65. The Morgan fingerprint density at radius 2 is 1.95 bits per heavy atom. The van der Waals surface area contributed by atoms with Crippen LogP contribution in [0, 0.1) is 18.7 Å². The molecule has 1 unspecified atom stereocenters. The van der Waals surface area contributed by atoms with Gasteiger partial charge in [0.1, 0.15) is 11.9 Å². The van der Waals surface area contributed by atoms with Gasteiger partial charge < -0.3 is 10.4 Å². The van der Waals surface area contributed by atoms with Crippen LogP contribution in [0.25, 0.3) is 0 Å². The predicted molar refractivity (Wildman–Crippen MR) is 76.6 cm³/mol. The minimum absolute atomic E-state index is 0.0262. The smallest absolute Gasteiger partial charge is 0.326 e. The number of amides is 1. The summed E-state index contributed by atoms with van der Waals surface area (Å²) in [5, 5.41) is 11.9. The van der Waals surface area contributed by atoms with Gasteiger partial charge in [0.25, 0.3) is 5.91 Å². The van der Waals surface area contributed by atoms with Crippen LogP contribution in [-0.2, 0) is 4.79 Å². The molecule has 0 aromatic heterocycles. The van der Waals surface area contributed by atoms with Crippen molar-refractivity contribution in [1.82, 2.24) is 5.32 Å². The van der Waals surface area contributed by atoms with Crippen LogP contribution >= 0.6 is 0 Å². The first-order valence-corrected chi connectivity index (χ1v) is 7.29. The van der Waals surface area contributed by atoms with Gasteiger partial charge in [0.15, 0.2) is 0 Å². The quantitative estimate of drug-likeness (QED) is 0.897. The van der Waals surface area contributed by atoms with Crippen molar-refractivity contribution < 1.29 is 19.1 Å². The van der Waals surface area contributed by atoms with Crippen molar-refractivity contribution in [1.29, 1.82) is 0 Å². The van der Waals surface area contributed by atoms with Crippen LogP contribution in [0.15, 0.2) is 18.2 Å². The van der Waals surface area contributed by atoms with Crippen LogP contribution in [-0.4, -0.2) is 23.0 Å². The molecule has 5 heteroatoms. The lowest BCUT2D eigenvalue weighted by Gasteiger charge is -2.28. The molecule has 1 saturated carbocycles. The maximum atomic E-state index is 13.2. The SMILES string of the molecule is Cc1cc(C(=O)NC(C(=O)O)C2CCCCC2)ccc1F. The fraction of sp³-hybridized carbons (Fsp3) is 0.500. The van der Waals surface area contributed by atoms with E-state index < -0.39 is 17.9 Å². The molecule has 1 atom stereocenters. The van der Waals surface area contributed by atoms with Crippen molar-refractivity contribution in [2.24, 2.45) is 5.92 Å². The third-order valence-electron chi connectivity index (χ3n) is 4.09. The number of carboxylic acids is 1. The summed E-state index contributed by atoms with van der Waals surface area (Å²) >= 11 is 0. The molecule has 0 radical (unpaired) electrons. The minimum atomic E-state index is -1.01. The maximum absolute atomic E-state index is 13.2. The fourth-order valence-electron chi connectivity index (χ4n) is 2.86. The van der Waals surface area contributed by atoms with E-state index >= 15 is 0 Å². The standard InChI is InChI=1S/C16H20FNO3/c1-10-9-12(7-8-13(10)17)15(19)18-14(16(20)21)11-5-3-2-4-6-11/h7-9,11,14H,2-6H2,1H3,(H,18,19)(H,20,21). The zero-order valence-corrected chi connectivity index (χ0v) is 12.1. The number of nitrogens with one attached hydrogen (secondary N) is 1. The lowest BCUT2D eigenvalue weighted by Crippen LogP contribution is -2.46. The van der Waals surface area contributed by atoms with Crippen molar-refractivity contribution in [3.8, 4) is 0 Å². The van der Waals surface area contributed by atoms with Gasteiger partial charge >= 0.3 is 5.97 Å². The lowest BCUT2D eigenvalue weighted by molar-refractivity contribution is -0.141. The Kier molecular flexibility index (Phi) is 4.94. The summed E-state index contributed by atoms with van der Waals surface area (Å²) in [5.74, 6) is -1.87. The molecule has 2 N–H and O–H groups in total. The Balaban J connectivity index is 2.10. The number of carbonyl (C=O) groups is 2. The Morgan fingerprint density at radius 1 is 1.29 bits per heavy atom. The van der Waals surface area contributed by atoms with Crippen molar-refractivity contribution in [3.05, 3.63) is 35.1 Å². The molecule has 0 saturated heterocycles. The van der Waals surface area contributed by atoms with E-state index in [1.54, 1.807) is 6.92 Å². The maximum Gasteiger partial charge on any atom is 0.326 e. The van der Waals surface area contributed by atoms with E-state index in [-0.39, 0.29) is 17.3 Å². The molecule has 114 valence electrons. The summed E-state index contributed by atoms with van der Waals surface area (Å²) in [6, 6.07) is 3.16. The van der Waals surface area contributed by atoms with Gasteiger partial charge in [-0.25, -0.2) is 9.18 Å². The number of hydrogen-bond donors (Lipinski definition) is 2. The van der Waals surface area contributed by atoms with Crippen LogP contribution in [0.2, 0.25) is 0 Å². The number of carboxylic acid groups (broad SMARTS) is 1. The van der Waals surface area contributed by atoms with E-state index in [1.807, 2.05) is 0 Å². The topological polar surface area (TPSA) is 66.4 Å². The van der Waals surface area contributed by atoms with Crippen molar-refractivity contribution in [2.45, 2.75) is 45.1 Å². The highest BCUT2D eigenvalue weighted by Gasteiger charge is 2.30. The van der Waals surface area contributed by atoms with Crippen molar-refractivity contribution in [3.63, 3.8) is 0 Å². The lowest BCUT2D eigenvalue weighted by atomic mass is 9.84. The Hall–Kier alpha value is -1.91. The molecule has 1 aromatic carbocycles. The number of aryl methyl sites for hydroxylation is 1. The van der Waals surface area contributed by atoms with Crippen LogP contribution in [0.5, 0.6) is 0 Å². The number of aliphatic carboxylic acids is 1. The van der Waals surface area contributed by atoms with Crippen LogP contribution in [0.1, 0.15) is 48.0 Å². The van der Waals surface area contributed by atoms with Gasteiger partial charge in [-0.15, -0.1) is 0 Å². The van der Waals surface area contributed by atoms with E-state index in [0.29, 0.717) is 5.56 Å². The van der Waals surface area contributed by atoms with E-state index in [4.69, 9.17) is 0 Å². The Morgan fingerprint density at radius 3 is 2.52 bits per heavy atom. The van der Waals surface area contributed by atoms with E-state index in [9.17, 15) is 19.1 Å². The average Bonchev–Trinajstić information content (AvgIpc) is 2.48. The molecule has 1 fully saturated rings. The summed E-state index contributed by atoms with van der Waals surface area (Å²) < 4.78 is 13.2. The summed E-state index contributed by atoms with van der Waals surface area (Å²) in [4.78, 5) is 23.6. The molecule has 0 aliphatic heterocycles. The van der Waals surface area contributed by atoms with Gasteiger partial charge in [-0.2, -0.15) is 0 Å². The highest BCUT2D eigenvalue weighted by atomic mass is 19.1. The van der Waals surface area contributed by atoms with E-state index in [0.717, 1.165) is 32.1 Å². The fourth-order valence-corrected chi connectivity index (χ4v) is 2.86. The molecule has 2 rings (SSSR count). The molecule has 0 spiro atoms. The number of hydrogen-bond acceptors (Lipinski definition) is 2. The van der Waals surface area contributed by atoms with E-state index in [1.165, 1.54) is 18.2 Å². The van der Waals surface area contributed by atoms with Crippen molar-refractivity contribution >= 4 is 11.9 Å². The van der Waals surface area contributed by atoms with Gasteiger partial charge in [-0.1, -0.05) is 19.3 Å². The number of carbonyl (C=O) groups excluding carboxylic acids is 1. The zero-order valence-electron chi connectivity index (χ0n) is 12.1. The molecule has 1 amide bonds. The van der Waals surface area contributed by atoms with Gasteiger partial charge in [-0.3, -0.25) is 4.79 Å². The number of rotatable bonds is 4. The summed E-state index contributed by atoms with van der Waals surface area (Å²) in [6.07, 6.45) is 4.76. The average molecular weight is 293 g/mol. The zero-order chi connectivity index (χ0) is 15.4. The number of benzene rings is 1. The summed E-state index contributed by atoms with van der Waals surface area (Å²) in [6.45, 7) is 1.57. The van der Waals surface area contributed by atoms with Crippen LogP contribution < -0.4 is 5.32 Å². The Labute approximate surface area is 123 Å². The van der Waals surface area contributed by atoms with Gasteiger partial charge in [0.2, 0.25) is 0 Å². The molecule has 1 aromatic rings. The van der Waals surface area contributed by atoms with Crippen molar-refractivity contribution in [2.75, 3.05) is 0 Å². The monoisotopic (exact) mass is 293 g/mol. The van der Waals surface area contributed by atoms with Crippen LogP contribution in [0.3, 0.4) is 0 Å². The highest BCUT2D eigenvalue weighted by molar-refractivity contribution is 5.96. The van der Waals surface area contributed by atoms with Gasteiger partial charge in [0, 0.05) is 5.56 Å². The second-order valence-corrected chi connectivity index (χ2v) is 5.65. The second kappa shape index (κ2) is 6.70. The predicted octanol–water partition coefficient (Wildman–Crippen LogP) is 2.90. The molecular weight excluding hydrogens is 273 g/mol. The highest BCUT2D eigenvalue weighted by Crippen LogP contribution is 2.27. The summed E-state index contributed by atoms with van der Waals surface area (Å²) in [5.41, 5.74) is 0.656. The molecule has 1 aliphatic carbocycles. The first-order chi connectivity index (χ1) is 9.99. The molecule has 1 aliphatic rings. The minimum Gasteiger partial charge on any atom is -0.480 e. The van der Waals surface area contributed by atoms with Crippen LogP contribution in [0.4, 0.5) is 4.39 Å². The third-order valence-corrected chi connectivity index (χ3v) is 4.09. The summed E-state index contributed by atoms with van der Waals surface area (Å²) in [7, 11) is 0. The normalized spacial score (nSPS) is 17.2. The first-order valence-electron chi connectivity index (χ1n) is 7.29. The largest absolute Gasteiger partial charge is 0.480 e. The molecule has 4 nitrogen and oxygen atoms in total. The van der Waals surface area contributed by atoms with Gasteiger partial charge in [-0.05, 0) is 49.4 Å². The van der Waals surface area contributed by atoms with Gasteiger partial charge in [0.05, 0.1) is 0 Å². The molecule has 21 heavy (non-hydrogen) atoms. The van der Waals surface area contributed by atoms with E-state index in [2.05, 4.69) is 5.32 Å². The molecule has 0 heterocycles. The Bertz CT molecular complexity index is 538. The first kappa shape index (κ1) is 15.5.